The number of allylic oxidation sites excluding steroid dienone is 5. The monoisotopic (exact) mass is 529 g/mol. The van der Waals surface area contributed by atoms with Crippen molar-refractivity contribution in [2.75, 3.05) is 6.54 Å². The zero-order valence-electron chi connectivity index (χ0n) is 22.8. The van der Waals surface area contributed by atoms with E-state index in [1.54, 1.807) is 0 Å². The zero-order valence-corrected chi connectivity index (χ0v) is 22.8. The highest BCUT2D eigenvalue weighted by atomic mass is 15.0. The van der Waals surface area contributed by atoms with Crippen molar-refractivity contribution < 1.29 is 0 Å². The maximum Gasteiger partial charge on any atom is 0.0541 e. The van der Waals surface area contributed by atoms with Crippen LogP contribution >= 0.6 is 0 Å². The highest BCUT2D eigenvalue weighted by Crippen LogP contribution is 2.36. The van der Waals surface area contributed by atoms with Gasteiger partial charge in [-0.15, -0.1) is 0 Å². The van der Waals surface area contributed by atoms with Crippen LogP contribution < -0.4 is 5.73 Å². The van der Waals surface area contributed by atoms with Gasteiger partial charge in [0, 0.05) is 39.5 Å². The van der Waals surface area contributed by atoms with Gasteiger partial charge in [0.05, 0.1) is 22.1 Å². The number of rotatable bonds is 7. The smallest absolute Gasteiger partial charge is 0.0541 e. The van der Waals surface area contributed by atoms with Crippen LogP contribution in [0.15, 0.2) is 152 Å². The van der Waals surface area contributed by atoms with Crippen LogP contribution in [0.1, 0.15) is 5.56 Å². The van der Waals surface area contributed by atoms with Crippen molar-refractivity contribution in [2.45, 2.75) is 6.42 Å². The van der Waals surface area contributed by atoms with Crippen LogP contribution in [0.25, 0.3) is 55.0 Å². The maximum atomic E-state index is 5.55. The molecule has 41 heavy (non-hydrogen) atoms. The molecule has 5 aromatic carbocycles. The van der Waals surface area contributed by atoms with Gasteiger partial charge in [-0.3, -0.25) is 0 Å². The van der Waals surface area contributed by atoms with Crippen LogP contribution in [-0.4, -0.2) is 15.7 Å². The summed E-state index contributed by atoms with van der Waals surface area (Å²) in [6, 6.07) is 41.8. The lowest BCUT2D eigenvalue weighted by atomic mass is 10.1. The molecule has 0 aliphatic carbocycles. The van der Waals surface area contributed by atoms with Gasteiger partial charge < -0.3 is 14.9 Å². The van der Waals surface area contributed by atoms with Crippen LogP contribution in [0.3, 0.4) is 0 Å². The fraction of sp³-hybridized carbons (Fsp3) is 0.0526. The summed E-state index contributed by atoms with van der Waals surface area (Å²) >= 11 is 0. The lowest BCUT2D eigenvalue weighted by Gasteiger charge is -2.15. The fourth-order valence-electron chi connectivity index (χ4n) is 6.00. The molecule has 0 aliphatic heterocycles. The minimum atomic E-state index is 0.551. The van der Waals surface area contributed by atoms with Crippen molar-refractivity contribution in [2.24, 2.45) is 5.73 Å². The Morgan fingerprint density at radius 1 is 0.463 bits per heavy atom. The molecular weight excluding hydrogens is 498 g/mol. The third-order valence-corrected chi connectivity index (χ3v) is 7.73. The van der Waals surface area contributed by atoms with Crippen LogP contribution in [0, 0.1) is 0 Å². The molecule has 198 valence electrons. The Morgan fingerprint density at radius 3 is 1.27 bits per heavy atom. The summed E-state index contributed by atoms with van der Waals surface area (Å²) in [7, 11) is 0. The van der Waals surface area contributed by atoms with Gasteiger partial charge in [-0.05, 0) is 54.4 Å². The quantitative estimate of drug-likeness (QED) is 0.205. The second-order valence-electron chi connectivity index (χ2n) is 10.3. The molecule has 0 fully saturated rings. The zero-order chi connectivity index (χ0) is 27.6. The minimum absolute atomic E-state index is 0.551. The largest absolute Gasteiger partial charge is 0.327 e. The fourth-order valence-corrected chi connectivity index (χ4v) is 6.00. The summed E-state index contributed by atoms with van der Waals surface area (Å²) in [4.78, 5) is 0. The van der Waals surface area contributed by atoms with Crippen LogP contribution in [0.4, 0.5) is 0 Å². The van der Waals surface area contributed by atoms with Crippen molar-refractivity contribution in [1.29, 1.82) is 0 Å². The average Bonchev–Trinajstić information content (AvgIpc) is 3.54. The topological polar surface area (TPSA) is 35.9 Å². The molecule has 0 radical (unpaired) electrons. The molecule has 0 aliphatic rings. The van der Waals surface area contributed by atoms with Crippen LogP contribution in [0.2, 0.25) is 0 Å². The predicted molar refractivity (Wildman–Crippen MR) is 175 cm³/mol. The lowest BCUT2D eigenvalue weighted by Crippen LogP contribution is -2.01. The number of nitrogens with zero attached hydrogens (tertiary/aromatic N) is 2. The number of benzene rings is 5. The molecule has 7 aromatic rings. The Hall–Kier alpha value is -5.12. The maximum absolute atomic E-state index is 5.55. The number of para-hydroxylation sites is 4. The lowest BCUT2D eigenvalue weighted by molar-refractivity contribution is 1.11. The van der Waals surface area contributed by atoms with Crippen molar-refractivity contribution in [3.05, 3.63) is 157 Å². The predicted octanol–water partition coefficient (Wildman–Crippen LogP) is 9.05. The Kier molecular flexibility index (Phi) is 6.56. The highest BCUT2D eigenvalue weighted by molar-refractivity contribution is 6.10. The van der Waals surface area contributed by atoms with Crippen molar-refractivity contribution >= 4 is 43.6 Å². The van der Waals surface area contributed by atoms with E-state index in [0.29, 0.717) is 6.54 Å². The third-order valence-electron chi connectivity index (χ3n) is 7.73. The standard InChI is InChI=1S/C38H31N3/c39-24-14-4-2-1-3-5-15-28-25-29(40-35-20-10-6-16-31(35)32-17-7-11-21-36(32)40)27-30(26-28)41-37-22-12-8-18-33(37)34-19-9-13-23-38(34)41/h1-14,16-23,25-27H,15,24,39H2/b2-1-,5-3-,14-4+. The van der Waals surface area contributed by atoms with E-state index < -0.39 is 0 Å². The number of hydrogen-bond acceptors (Lipinski definition) is 1. The van der Waals surface area contributed by atoms with E-state index in [1.165, 1.54) is 49.2 Å². The van der Waals surface area contributed by atoms with E-state index in [-0.39, 0.29) is 0 Å². The molecule has 0 amide bonds. The van der Waals surface area contributed by atoms with E-state index >= 15 is 0 Å². The molecule has 2 N–H and O–H groups in total. The van der Waals surface area contributed by atoms with Gasteiger partial charge in [0.2, 0.25) is 0 Å². The molecule has 0 saturated heterocycles. The third kappa shape index (κ3) is 4.47. The number of fused-ring (bicyclic) bond motifs is 6. The molecule has 2 heterocycles. The first-order valence-corrected chi connectivity index (χ1v) is 14.1. The van der Waals surface area contributed by atoms with Gasteiger partial charge in [-0.1, -0.05) is 109 Å². The molecule has 0 unspecified atom stereocenters. The molecule has 0 bridgehead atoms. The first-order valence-electron chi connectivity index (χ1n) is 14.1. The van der Waals surface area contributed by atoms with Gasteiger partial charge in [0.1, 0.15) is 0 Å². The highest BCUT2D eigenvalue weighted by Gasteiger charge is 2.16. The van der Waals surface area contributed by atoms with E-state index in [2.05, 4.69) is 143 Å². The molecule has 7 rings (SSSR count). The summed E-state index contributed by atoms with van der Waals surface area (Å²) in [6.45, 7) is 0.551. The van der Waals surface area contributed by atoms with Gasteiger partial charge in [-0.2, -0.15) is 0 Å². The summed E-state index contributed by atoms with van der Waals surface area (Å²) in [5, 5.41) is 5.06. The Balaban J connectivity index is 1.46. The number of aromatic nitrogens is 2. The van der Waals surface area contributed by atoms with Gasteiger partial charge in [0.15, 0.2) is 0 Å². The van der Waals surface area contributed by atoms with Crippen molar-refractivity contribution in [1.82, 2.24) is 9.13 Å². The molecule has 2 aromatic heterocycles. The summed E-state index contributed by atoms with van der Waals surface area (Å²) < 4.78 is 4.82. The average molecular weight is 530 g/mol. The van der Waals surface area contributed by atoms with E-state index in [9.17, 15) is 0 Å². The molecule has 0 saturated carbocycles. The first-order chi connectivity index (χ1) is 20.3. The van der Waals surface area contributed by atoms with E-state index in [4.69, 9.17) is 5.73 Å². The van der Waals surface area contributed by atoms with Crippen molar-refractivity contribution in [3.8, 4) is 11.4 Å². The molecule has 3 heteroatoms. The van der Waals surface area contributed by atoms with E-state index in [1.807, 2.05) is 18.2 Å². The molecule has 0 spiro atoms. The van der Waals surface area contributed by atoms with Gasteiger partial charge >= 0.3 is 0 Å². The van der Waals surface area contributed by atoms with Crippen molar-refractivity contribution in [3.63, 3.8) is 0 Å². The first kappa shape index (κ1) is 24.9. The van der Waals surface area contributed by atoms with E-state index in [0.717, 1.165) is 17.8 Å². The number of hydrogen-bond donors (Lipinski definition) is 1. The minimum Gasteiger partial charge on any atom is -0.327 e. The van der Waals surface area contributed by atoms with Gasteiger partial charge in [0.25, 0.3) is 0 Å². The molecule has 0 atom stereocenters. The summed E-state index contributed by atoms with van der Waals surface area (Å²) in [5.74, 6) is 0. The van der Waals surface area contributed by atoms with Crippen LogP contribution in [-0.2, 0) is 6.42 Å². The SMILES string of the molecule is NC/C=C/C=C\C=C/Cc1cc(-n2c3ccccc3c3ccccc32)cc(-n2c3ccccc3c3ccccc32)c1. The Labute approximate surface area is 239 Å². The molecule has 3 nitrogen and oxygen atoms in total. The van der Waals surface area contributed by atoms with Gasteiger partial charge in [-0.25, -0.2) is 0 Å². The van der Waals surface area contributed by atoms with Crippen LogP contribution in [0.5, 0.6) is 0 Å². The number of nitrogens with two attached hydrogens (primary N) is 1. The second kappa shape index (κ2) is 10.8. The normalized spacial score (nSPS) is 12.4. The summed E-state index contributed by atoms with van der Waals surface area (Å²) in [5.41, 5.74) is 14.0. The summed E-state index contributed by atoms with van der Waals surface area (Å²) in [6.07, 6.45) is 13.1. The second-order valence-corrected chi connectivity index (χ2v) is 10.3. The Morgan fingerprint density at radius 2 is 0.854 bits per heavy atom. The Bertz CT molecular complexity index is 1880. The molecular formula is C38H31N3.